The maximum Gasteiger partial charge on any atom is 0.227 e. The molecule has 1 aliphatic rings. The zero-order chi connectivity index (χ0) is 14.5. The van der Waals surface area contributed by atoms with Crippen LogP contribution in [0.4, 0.5) is 5.69 Å². The molecule has 0 atom stereocenters. The smallest absolute Gasteiger partial charge is 0.227 e. The summed E-state index contributed by atoms with van der Waals surface area (Å²) in [6, 6.07) is 18.5. The van der Waals surface area contributed by atoms with Gasteiger partial charge in [-0.3, -0.25) is 4.79 Å². The molecular weight excluding hydrogens is 258 g/mol. The van der Waals surface area contributed by atoms with Crippen molar-refractivity contribution in [3.63, 3.8) is 0 Å². The minimum atomic E-state index is 0.188. The molecule has 1 fully saturated rings. The Morgan fingerprint density at radius 1 is 0.952 bits per heavy atom. The number of hydrogen-bond donors (Lipinski definition) is 1. The van der Waals surface area contributed by atoms with Crippen LogP contribution in [0.5, 0.6) is 0 Å². The summed E-state index contributed by atoms with van der Waals surface area (Å²) < 4.78 is 0. The van der Waals surface area contributed by atoms with Crippen LogP contribution in [0.25, 0.3) is 0 Å². The molecule has 0 aromatic heterocycles. The van der Waals surface area contributed by atoms with Gasteiger partial charge in [0.05, 0.1) is 0 Å². The molecule has 0 radical (unpaired) electrons. The lowest BCUT2D eigenvalue weighted by Crippen LogP contribution is -2.21. The van der Waals surface area contributed by atoms with Gasteiger partial charge in [-0.25, -0.2) is 0 Å². The summed E-state index contributed by atoms with van der Waals surface area (Å²) in [5.41, 5.74) is 3.40. The third-order valence-electron chi connectivity index (χ3n) is 4.24. The molecule has 1 N–H and O–H groups in total. The van der Waals surface area contributed by atoms with E-state index < -0.39 is 0 Å². The van der Waals surface area contributed by atoms with Crippen molar-refractivity contribution >= 4 is 11.6 Å². The first-order valence-corrected chi connectivity index (χ1v) is 7.75. The predicted octanol–water partition coefficient (Wildman–Crippen LogP) is 4.41. The summed E-state index contributed by atoms with van der Waals surface area (Å²) in [6.07, 6.45) is 5.29. The van der Waals surface area contributed by atoms with E-state index in [0.717, 1.165) is 24.9 Å². The van der Waals surface area contributed by atoms with Crippen molar-refractivity contribution < 1.29 is 4.79 Å². The maximum absolute atomic E-state index is 12.3. The summed E-state index contributed by atoms with van der Waals surface area (Å²) in [7, 11) is 0. The Balaban J connectivity index is 1.74. The number of carbonyl (C=O) groups is 1. The average molecular weight is 279 g/mol. The molecule has 0 unspecified atom stereocenters. The standard InChI is InChI=1S/C19H21NO/c21-19(16-10-4-5-11-16)20-18-13-7-6-12-17(18)14-15-8-2-1-3-9-15/h1-3,6-9,12-13,16H,4-5,10-11,14H2,(H,20,21). The molecule has 2 heteroatoms. The molecule has 0 bridgehead atoms. The molecule has 3 rings (SSSR count). The van der Waals surface area contributed by atoms with Crippen LogP contribution in [0.1, 0.15) is 36.8 Å². The molecule has 0 saturated heterocycles. The quantitative estimate of drug-likeness (QED) is 0.882. The lowest BCUT2D eigenvalue weighted by atomic mass is 10.0. The van der Waals surface area contributed by atoms with Crippen molar-refractivity contribution in [3.8, 4) is 0 Å². The van der Waals surface area contributed by atoms with Crippen LogP contribution < -0.4 is 5.32 Å². The van der Waals surface area contributed by atoms with Crippen molar-refractivity contribution in [2.24, 2.45) is 5.92 Å². The Kier molecular flexibility index (Phi) is 4.34. The second kappa shape index (κ2) is 6.57. The van der Waals surface area contributed by atoms with Gasteiger partial charge in [-0.05, 0) is 36.5 Å². The fraction of sp³-hybridized carbons (Fsp3) is 0.316. The van der Waals surface area contributed by atoms with Crippen LogP contribution >= 0.6 is 0 Å². The Labute approximate surface area is 126 Å². The highest BCUT2D eigenvalue weighted by Gasteiger charge is 2.23. The van der Waals surface area contributed by atoms with Gasteiger partial charge in [0.25, 0.3) is 0 Å². The van der Waals surface area contributed by atoms with E-state index in [-0.39, 0.29) is 11.8 Å². The molecule has 0 spiro atoms. The Morgan fingerprint density at radius 3 is 2.38 bits per heavy atom. The third-order valence-corrected chi connectivity index (χ3v) is 4.24. The van der Waals surface area contributed by atoms with E-state index in [0.29, 0.717) is 0 Å². The number of nitrogens with one attached hydrogen (secondary N) is 1. The second-order valence-electron chi connectivity index (χ2n) is 5.79. The molecule has 0 heterocycles. The second-order valence-corrected chi connectivity index (χ2v) is 5.79. The summed E-state index contributed by atoms with van der Waals surface area (Å²) in [5, 5.41) is 3.13. The van der Waals surface area contributed by atoms with Gasteiger partial charge in [-0.1, -0.05) is 61.4 Å². The zero-order valence-electron chi connectivity index (χ0n) is 12.2. The highest BCUT2D eigenvalue weighted by molar-refractivity contribution is 5.93. The van der Waals surface area contributed by atoms with Crippen molar-refractivity contribution in [3.05, 3.63) is 65.7 Å². The van der Waals surface area contributed by atoms with Crippen LogP contribution in [0.15, 0.2) is 54.6 Å². The average Bonchev–Trinajstić information content (AvgIpc) is 3.05. The fourth-order valence-corrected chi connectivity index (χ4v) is 3.03. The number of para-hydroxylation sites is 1. The SMILES string of the molecule is O=C(Nc1ccccc1Cc1ccccc1)C1CCCC1. The van der Waals surface area contributed by atoms with E-state index >= 15 is 0 Å². The first kappa shape index (κ1) is 13.9. The van der Waals surface area contributed by atoms with Gasteiger partial charge in [0, 0.05) is 11.6 Å². The van der Waals surface area contributed by atoms with Gasteiger partial charge in [0.2, 0.25) is 5.91 Å². The number of hydrogen-bond acceptors (Lipinski definition) is 1. The molecular formula is C19H21NO. The van der Waals surface area contributed by atoms with Gasteiger partial charge in [-0.2, -0.15) is 0 Å². The zero-order valence-corrected chi connectivity index (χ0v) is 12.2. The van der Waals surface area contributed by atoms with E-state index in [2.05, 4.69) is 35.6 Å². The fourth-order valence-electron chi connectivity index (χ4n) is 3.03. The van der Waals surface area contributed by atoms with Gasteiger partial charge in [-0.15, -0.1) is 0 Å². The van der Waals surface area contributed by atoms with Crippen molar-refractivity contribution in [2.75, 3.05) is 5.32 Å². The number of anilines is 1. The molecule has 108 valence electrons. The van der Waals surface area contributed by atoms with E-state index in [1.165, 1.54) is 24.0 Å². The molecule has 0 aliphatic heterocycles. The predicted molar refractivity (Wildman–Crippen MR) is 86.3 cm³/mol. The largest absolute Gasteiger partial charge is 0.326 e. The molecule has 1 saturated carbocycles. The van der Waals surface area contributed by atoms with Crippen molar-refractivity contribution in [1.82, 2.24) is 0 Å². The topological polar surface area (TPSA) is 29.1 Å². The van der Waals surface area contributed by atoms with Gasteiger partial charge >= 0.3 is 0 Å². The van der Waals surface area contributed by atoms with Gasteiger partial charge in [0.15, 0.2) is 0 Å². The van der Waals surface area contributed by atoms with Crippen LogP contribution in [0, 0.1) is 5.92 Å². The van der Waals surface area contributed by atoms with Gasteiger partial charge < -0.3 is 5.32 Å². The Hall–Kier alpha value is -2.09. The van der Waals surface area contributed by atoms with Crippen molar-refractivity contribution in [1.29, 1.82) is 0 Å². The molecule has 2 aromatic carbocycles. The minimum Gasteiger partial charge on any atom is -0.326 e. The molecule has 2 aromatic rings. The van der Waals surface area contributed by atoms with Crippen LogP contribution in [-0.4, -0.2) is 5.91 Å². The summed E-state index contributed by atoms with van der Waals surface area (Å²) in [4.78, 5) is 12.3. The van der Waals surface area contributed by atoms with Crippen LogP contribution in [-0.2, 0) is 11.2 Å². The number of amides is 1. The molecule has 1 aliphatic carbocycles. The van der Waals surface area contributed by atoms with E-state index in [9.17, 15) is 4.79 Å². The first-order chi connectivity index (χ1) is 10.3. The Bertz CT molecular complexity index is 600. The highest BCUT2D eigenvalue weighted by Crippen LogP contribution is 2.27. The lowest BCUT2D eigenvalue weighted by Gasteiger charge is -2.14. The van der Waals surface area contributed by atoms with E-state index in [4.69, 9.17) is 0 Å². The first-order valence-electron chi connectivity index (χ1n) is 7.75. The molecule has 2 nitrogen and oxygen atoms in total. The Morgan fingerprint density at radius 2 is 1.62 bits per heavy atom. The van der Waals surface area contributed by atoms with Crippen molar-refractivity contribution in [2.45, 2.75) is 32.1 Å². The van der Waals surface area contributed by atoms with Crippen LogP contribution in [0.2, 0.25) is 0 Å². The molecule has 1 amide bonds. The normalized spacial score (nSPS) is 15.0. The maximum atomic E-state index is 12.3. The van der Waals surface area contributed by atoms with E-state index in [1.807, 2.05) is 24.3 Å². The minimum absolute atomic E-state index is 0.188. The number of carbonyl (C=O) groups excluding carboxylic acids is 1. The number of rotatable bonds is 4. The van der Waals surface area contributed by atoms with Crippen LogP contribution in [0.3, 0.4) is 0 Å². The summed E-state index contributed by atoms with van der Waals surface area (Å²) >= 11 is 0. The number of benzene rings is 2. The van der Waals surface area contributed by atoms with Gasteiger partial charge in [0.1, 0.15) is 0 Å². The third kappa shape index (κ3) is 3.52. The van der Waals surface area contributed by atoms with E-state index in [1.54, 1.807) is 0 Å². The monoisotopic (exact) mass is 279 g/mol. The molecule has 21 heavy (non-hydrogen) atoms. The lowest BCUT2D eigenvalue weighted by molar-refractivity contribution is -0.119. The summed E-state index contributed by atoms with van der Waals surface area (Å²) in [6.45, 7) is 0. The summed E-state index contributed by atoms with van der Waals surface area (Å²) in [5.74, 6) is 0.391. The highest BCUT2D eigenvalue weighted by atomic mass is 16.1.